The number of likely N-dealkylation sites (tertiary alicyclic amines) is 1. The molecule has 2 aliphatic rings. The van der Waals surface area contributed by atoms with Gasteiger partial charge in [0.05, 0.1) is 0 Å². The van der Waals surface area contributed by atoms with Crippen LogP contribution in [-0.4, -0.2) is 39.9 Å². The third kappa shape index (κ3) is 3.34. The molecule has 2 aromatic rings. The molecule has 1 aliphatic heterocycles. The van der Waals surface area contributed by atoms with Crippen molar-refractivity contribution in [2.75, 3.05) is 13.1 Å². The summed E-state index contributed by atoms with van der Waals surface area (Å²) in [5, 5.41) is 7.10. The molecule has 1 aliphatic carbocycles. The second-order valence-electron chi connectivity index (χ2n) is 6.94. The fraction of sp³-hybridized carbons (Fsp3) is 0.421. The lowest BCUT2D eigenvalue weighted by Gasteiger charge is -2.31. The lowest BCUT2D eigenvalue weighted by molar-refractivity contribution is 0.0632. The molecule has 5 nitrogen and oxygen atoms in total. The van der Waals surface area contributed by atoms with Gasteiger partial charge >= 0.3 is 0 Å². The van der Waals surface area contributed by atoms with E-state index in [4.69, 9.17) is 0 Å². The summed E-state index contributed by atoms with van der Waals surface area (Å²) in [7, 11) is 0. The van der Waals surface area contributed by atoms with E-state index in [1.165, 1.54) is 24.3 Å². The Balaban J connectivity index is 1.45. The molecule has 130 valence electrons. The van der Waals surface area contributed by atoms with E-state index in [2.05, 4.69) is 10.2 Å². The van der Waals surface area contributed by atoms with Gasteiger partial charge in [-0.05, 0) is 56.0 Å². The molecule has 1 saturated carbocycles. The molecule has 1 amide bonds. The predicted octanol–water partition coefficient (Wildman–Crippen LogP) is 3.16. The quantitative estimate of drug-likeness (QED) is 0.869. The Morgan fingerprint density at radius 2 is 1.92 bits per heavy atom. The van der Waals surface area contributed by atoms with Crippen molar-refractivity contribution in [2.45, 2.75) is 31.6 Å². The van der Waals surface area contributed by atoms with Crippen molar-refractivity contribution in [3.63, 3.8) is 0 Å². The molecule has 1 saturated heterocycles. The number of ketones is 1. The number of halogens is 1. The molecule has 0 radical (unpaired) electrons. The summed E-state index contributed by atoms with van der Waals surface area (Å²) in [4.78, 5) is 27.0. The minimum absolute atomic E-state index is 0.0294. The Bertz CT molecular complexity index is 795. The molecular weight excluding hydrogens is 321 g/mol. The second-order valence-corrected chi connectivity index (χ2v) is 6.94. The van der Waals surface area contributed by atoms with Crippen LogP contribution in [0.3, 0.4) is 0 Å². The van der Waals surface area contributed by atoms with Gasteiger partial charge in [-0.2, -0.15) is 5.10 Å². The largest absolute Gasteiger partial charge is 0.337 e. The number of nitrogens with one attached hydrogen (secondary N) is 1. The maximum atomic E-state index is 13.0. The van der Waals surface area contributed by atoms with Gasteiger partial charge in [0.25, 0.3) is 5.91 Å². The summed E-state index contributed by atoms with van der Waals surface area (Å²) in [6, 6.07) is 7.44. The first-order chi connectivity index (χ1) is 12.1. The predicted molar refractivity (Wildman–Crippen MR) is 89.9 cm³/mol. The molecule has 1 aromatic heterocycles. The average Bonchev–Trinajstić information content (AvgIpc) is 3.38. The summed E-state index contributed by atoms with van der Waals surface area (Å²) in [6.45, 7) is 1.03. The van der Waals surface area contributed by atoms with Crippen molar-refractivity contribution in [1.29, 1.82) is 0 Å². The average molecular weight is 341 g/mol. The summed E-state index contributed by atoms with van der Waals surface area (Å²) in [6.07, 6.45) is 3.82. The summed E-state index contributed by atoms with van der Waals surface area (Å²) in [5.41, 5.74) is 1.95. The van der Waals surface area contributed by atoms with Crippen LogP contribution >= 0.6 is 0 Å². The first-order valence-corrected chi connectivity index (χ1v) is 8.76. The molecule has 0 unspecified atom stereocenters. The SMILES string of the molecule is O=C(c1ccc(F)cc1)[C@@H]1CCCN(C(=O)c2cc(C3CC3)[nH]n2)C1. The van der Waals surface area contributed by atoms with Crippen LogP contribution in [0, 0.1) is 11.7 Å². The number of amides is 1. The topological polar surface area (TPSA) is 66.1 Å². The van der Waals surface area contributed by atoms with Crippen LogP contribution in [0.4, 0.5) is 4.39 Å². The number of Topliss-reactive ketones (excluding diaryl/α,β-unsaturated/α-hetero) is 1. The van der Waals surface area contributed by atoms with Gasteiger partial charge in [-0.1, -0.05) is 0 Å². The van der Waals surface area contributed by atoms with Crippen LogP contribution < -0.4 is 0 Å². The third-order valence-corrected chi connectivity index (χ3v) is 5.04. The van der Waals surface area contributed by atoms with E-state index in [-0.39, 0.29) is 23.4 Å². The van der Waals surface area contributed by atoms with Gasteiger partial charge in [0.1, 0.15) is 11.5 Å². The molecule has 2 heterocycles. The first-order valence-electron chi connectivity index (χ1n) is 8.76. The van der Waals surface area contributed by atoms with Gasteiger partial charge in [0.2, 0.25) is 0 Å². The number of piperidine rings is 1. The number of aromatic nitrogens is 2. The highest BCUT2D eigenvalue weighted by molar-refractivity contribution is 5.99. The van der Waals surface area contributed by atoms with Crippen molar-refractivity contribution in [2.24, 2.45) is 5.92 Å². The number of hydrogen-bond donors (Lipinski definition) is 1. The molecule has 25 heavy (non-hydrogen) atoms. The van der Waals surface area contributed by atoms with E-state index in [1.807, 2.05) is 6.07 Å². The van der Waals surface area contributed by atoms with Crippen molar-refractivity contribution < 1.29 is 14.0 Å². The highest BCUT2D eigenvalue weighted by Gasteiger charge is 2.32. The van der Waals surface area contributed by atoms with Crippen LogP contribution in [0.5, 0.6) is 0 Å². The van der Waals surface area contributed by atoms with Crippen molar-refractivity contribution >= 4 is 11.7 Å². The molecule has 1 aromatic carbocycles. The summed E-state index contributed by atoms with van der Waals surface area (Å²) >= 11 is 0. The minimum Gasteiger partial charge on any atom is -0.337 e. The number of carbonyl (C=O) groups excluding carboxylic acids is 2. The number of rotatable bonds is 4. The zero-order chi connectivity index (χ0) is 17.4. The van der Waals surface area contributed by atoms with Crippen LogP contribution in [0.2, 0.25) is 0 Å². The van der Waals surface area contributed by atoms with Gasteiger partial charge in [-0.25, -0.2) is 4.39 Å². The number of carbonyl (C=O) groups is 2. The number of hydrogen-bond acceptors (Lipinski definition) is 3. The van der Waals surface area contributed by atoms with Crippen molar-refractivity contribution in [3.05, 3.63) is 53.1 Å². The van der Waals surface area contributed by atoms with Crippen molar-refractivity contribution in [3.8, 4) is 0 Å². The normalized spacial score (nSPS) is 20.5. The van der Waals surface area contributed by atoms with Gasteiger partial charge < -0.3 is 4.90 Å². The fourth-order valence-corrected chi connectivity index (χ4v) is 3.44. The lowest BCUT2D eigenvalue weighted by atomic mass is 9.90. The zero-order valence-corrected chi connectivity index (χ0v) is 13.9. The van der Waals surface area contributed by atoms with Gasteiger partial charge in [-0.3, -0.25) is 14.7 Å². The van der Waals surface area contributed by atoms with Crippen LogP contribution in [0.15, 0.2) is 30.3 Å². The molecule has 4 rings (SSSR count). The number of benzene rings is 1. The van der Waals surface area contributed by atoms with Crippen LogP contribution in [0.1, 0.15) is 58.1 Å². The maximum absolute atomic E-state index is 13.0. The van der Waals surface area contributed by atoms with E-state index < -0.39 is 0 Å². The highest BCUT2D eigenvalue weighted by atomic mass is 19.1. The Kier molecular flexibility index (Phi) is 4.11. The van der Waals surface area contributed by atoms with Crippen molar-refractivity contribution in [1.82, 2.24) is 15.1 Å². The fourth-order valence-electron chi connectivity index (χ4n) is 3.44. The number of nitrogens with zero attached hydrogens (tertiary/aromatic N) is 2. The molecule has 1 atom stereocenters. The first kappa shape index (κ1) is 16.0. The van der Waals surface area contributed by atoms with Gasteiger partial charge in [0, 0.05) is 36.2 Å². The Morgan fingerprint density at radius 1 is 1.16 bits per heavy atom. The highest BCUT2D eigenvalue weighted by Crippen LogP contribution is 2.39. The molecule has 6 heteroatoms. The Labute approximate surface area is 145 Å². The maximum Gasteiger partial charge on any atom is 0.274 e. The van der Waals surface area contributed by atoms with Gasteiger partial charge in [-0.15, -0.1) is 0 Å². The number of aromatic amines is 1. The summed E-state index contributed by atoms with van der Waals surface area (Å²) < 4.78 is 13.0. The van der Waals surface area contributed by atoms with E-state index in [0.717, 1.165) is 31.4 Å². The molecule has 0 bridgehead atoms. The van der Waals surface area contributed by atoms with E-state index in [1.54, 1.807) is 4.90 Å². The minimum atomic E-state index is -0.359. The smallest absolute Gasteiger partial charge is 0.274 e. The standard InChI is InChI=1S/C19H20FN3O2/c20-15-7-5-13(6-8-15)18(24)14-2-1-9-23(11-14)19(25)17-10-16(21-22-17)12-3-4-12/h5-8,10,12,14H,1-4,9,11H2,(H,21,22)/t14-/m1/s1. The van der Waals surface area contributed by atoms with Crippen LogP contribution in [0.25, 0.3) is 0 Å². The lowest BCUT2D eigenvalue weighted by Crippen LogP contribution is -2.42. The molecule has 1 N–H and O–H groups in total. The second kappa shape index (κ2) is 6.43. The van der Waals surface area contributed by atoms with Gasteiger partial charge in [0.15, 0.2) is 5.78 Å². The molecular formula is C19H20FN3O2. The number of H-pyrrole nitrogens is 1. The molecule has 0 spiro atoms. The van der Waals surface area contributed by atoms with Crippen LogP contribution in [-0.2, 0) is 0 Å². The Morgan fingerprint density at radius 3 is 2.64 bits per heavy atom. The Hall–Kier alpha value is -2.50. The monoisotopic (exact) mass is 341 g/mol. The van der Waals surface area contributed by atoms with E-state index in [0.29, 0.717) is 30.3 Å². The summed E-state index contributed by atoms with van der Waals surface area (Å²) in [5.74, 6) is -0.242. The van der Waals surface area contributed by atoms with E-state index >= 15 is 0 Å². The van der Waals surface area contributed by atoms with E-state index in [9.17, 15) is 14.0 Å². The third-order valence-electron chi connectivity index (χ3n) is 5.04. The molecule has 2 fully saturated rings. The zero-order valence-electron chi connectivity index (χ0n) is 13.9.